The Hall–Kier alpha value is -0.840. The van der Waals surface area contributed by atoms with Gasteiger partial charge >= 0.3 is 5.30 Å². The van der Waals surface area contributed by atoms with E-state index in [1.165, 1.54) is 0 Å². The molecule has 0 rings (SSSR count). The van der Waals surface area contributed by atoms with Crippen LogP contribution < -0.4 is 5.90 Å². The molecule has 0 aliphatic carbocycles. The predicted octanol–water partition coefficient (Wildman–Crippen LogP) is -0.0193. The highest BCUT2D eigenvalue weighted by molar-refractivity contribution is 8.12. The van der Waals surface area contributed by atoms with Crippen molar-refractivity contribution in [3.63, 3.8) is 0 Å². The molecule has 0 aromatic rings. The van der Waals surface area contributed by atoms with Crippen molar-refractivity contribution in [1.29, 1.82) is 0 Å². The fourth-order valence-electron chi connectivity index (χ4n) is 0.0774. The van der Waals surface area contributed by atoms with Crippen LogP contribution >= 0.6 is 11.9 Å². The average Bonchev–Trinajstić information content (AvgIpc) is 1.83. The van der Waals surface area contributed by atoms with Crippen LogP contribution in [0.2, 0.25) is 0 Å². The first kappa shape index (κ1) is 7.16. The van der Waals surface area contributed by atoms with Gasteiger partial charge in [-0.2, -0.15) is 5.90 Å². The van der Waals surface area contributed by atoms with Crippen LogP contribution in [0.15, 0.2) is 4.40 Å². The third-order valence-corrected chi connectivity index (χ3v) is 0.665. The first-order valence-corrected chi connectivity index (χ1v) is 2.23. The zero-order valence-corrected chi connectivity index (χ0v) is 4.47. The lowest BCUT2D eigenvalue weighted by atomic mass is 11.6. The maximum Gasteiger partial charge on any atom is 0.409 e. The smallest absolute Gasteiger partial charge is 0.364 e. The summed E-state index contributed by atoms with van der Waals surface area (Å²) < 4.78 is 2.80. The molecule has 0 saturated heterocycles. The Morgan fingerprint density at radius 2 is 2.50 bits per heavy atom. The average molecular weight is 134 g/mol. The van der Waals surface area contributed by atoms with Gasteiger partial charge in [-0.1, -0.05) is 0 Å². The van der Waals surface area contributed by atoms with Gasteiger partial charge in [-0.3, -0.25) is 0 Å². The van der Waals surface area contributed by atoms with E-state index < -0.39 is 5.30 Å². The molecule has 8 heavy (non-hydrogen) atoms. The Labute approximate surface area is 49.0 Å². The van der Waals surface area contributed by atoms with E-state index in [2.05, 4.69) is 15.1 Å². The van der Waals surface area contributed by atoms with Gasteiger partial charge in [0.15, 0.2) is 0 Å². The third kappa shape index (κ3) is 3.35. The Bertz CT molecular complexity index is 129. The monoisotopic (exact) mass is 134 g/mol. The maximum absolute atomic E-state index is 9.91. The van der Waals surface area contributed by atoms with Crippen LogP contribution in [0.5, 0.6) is 0 Å². The van der Waals surface area contributed by atoms with Crippen LogP contribution in [-0.4, -0.2) is 11.4 Å². The largest absolute Gasteiger partial charge is 0.409 e. The number of rotatable bonds is 1. The van der Waals surface area contributed by atoms with Crippen LogP contribution in [0.25, 0.3) is 0 Å². The second-order valence-electron chi connectivity index (χ2n) is 0.642. The molecule has 2 N–H and O–H groups in total. The maximum atomic E-state index is 9.91. The van der Waals surface area contributed by atoms with Gasteiger partial charge in [0.1, 0.15) is 11.9 Å². The van der Waals surface area contributed by atoms with Gasteiger partial charge in [0.25, 0.3) is 0 Å². The van der Waals surface area contributed by atoms with Crippen LogP contribution in [0.1, 0.15) is 0 Å². The number of hydrogen-bond donors (Lipinski definition) is 1. The van der Waals surface area contributed by atoms with Crippen molar-refractivity contribution in [2.24, 2.45) is 10.3 Å². The molecule has 0 atom stereocenters. The molecule has 6 heteroatoms. The molecule has 0 spiro atoms. The molecule has 0 radical (unpaired) electrons. The zero-order valence-electron chi connectivity index (χ0n) is 3.66. The highest BCUT2D eigenvalue weighted by atomic mass is 32.2. The summed E-state index contributed by atoms with van der Waals surface area (Å²) in [6.07, 6.45) is 1.11. The summed E-state index contributed by atoms with van der Waals surface area (Å²) in [6.45, 7) is 0. The minimum Gasteiger partial charge on any atom is -0.364 e. The molecule has 0 aromatic heterocycles. The van der Waals surface area contributed by atoms with E-state index in [-0.39, 0.29) is 0 Å². The number of nitrogens with zero attached hydrogens (tertiary/aromatic N) is 1. The lowest BCUT2D eigenvalue weighted by Gasteiger charge is -1.84. The number of carbonyl (C=O) groups excluding carboxylic acids is 2. The van der Waals surface area contributed by atoms with Gasteiger partial charge in [-0.05, 0) is 0 Å². The summed E-state index contributed by atoms with van der Waals surface area (Å²) in [4.78, 5) is 22.8. The topological polar surface area (TPSA) is 81.8 Å². The number of nitrogens with two attached hydrogens (primary N) is 1. The van der Waals surface area contributed by atoms with E-state index in [0.29, 0.717) is 11.9 Å². The lowest BCUT2D eigenvalue weighted by molar-refractivity contribution is 0.177. The van der Waals surface area contributed by atoms with E-state index in [1.54, 1.807) is 0 Å². The molecule has 0 aliphatic rings. The molecular weight excluding hydrogens is 132 g/mol. The fourth-order valence-corrected chi connectivity index (χ4v) is 0.232. The molecular formula is C2H2N2O3S. The van der Waals surface area contributed by atoms with Gasteiger partial charge in [0.2, 0.25) is 6.08 Å². The molecule has 0 amide bonds. The second-order valence-corrected chi connectivity index (χ2v) is 1.34. The SMILES string of the molecule is NOC(=O)SN=C=O. The molecule has 0 bridgehead atoms. The summed E-state index contributed by atoms with van der Waals surface area (Å²) in [5, 5.41) is -0.839. The van der Waals surface area contributed by atoms with Crippen LogP contribution in [-0.2, 0) is 9.63 Å². The van der Waals surface area contributed by atoms with E-state index in [1.807, 2.05) is 0 Å². The summed E-state index contributed by atoms with van der Waals surface area (Å²) in [6, 6.07) is 0. The van der Waals surface area contributed by atoms with Crippen molar-refractivity contribution >= 4 is 23.3 Å². The lowest BCUT2D eigenvalue weighted by Crippen LogP contribution is -2.01. The van der Waals surface area contributed by atoms with Gasteiger partial charge in [-0.15, -0.1) is 4.40 Å². The van der Waals surface area contributed by atoms with Crippen molar-refractivity contribution in [2.45, 2.75) is 0 Å². The number of carbonyl (C=O) groups is 1. The molecule has 0 aromatic carbocycles. The van der Waals surface area contributed by atoms with Crippen molar-refractivity contribution in [2.75, 3.05) is 0 Å². The quantitative estimate of drug-likeness (QED) is 0.236. The molecule has 44 valence electrons. The minimum atomic E-state index is -0.839. The summed E-state index contributed by atoms with van der Waals surface area (Å²) in [5.41, 5.74) is 0. The van der Waals surface area contributed by atoms with E-state index in [9.17, 15) is 9.59 Å². The van der Waals surface area contributed by atoms with Crippen molar-refractivity contribution < 1.29 is 14.4 Å². The first-order valence-electron chi connectivity index (χ1n) is 1.46. The molecule has 0 heterocycles. The zero-order chi connectivity index (χ0) is 6.41. The molecule has 0 unspecified atom stereocenters. The first-order chi connectivity index (χ1) is 3.81. The molecule has 0 saturated carbocycles. The molecule has 5 nitrogen and oxygen atoms in total. The third-order valence-electron chi connectivity index (χ3n) is 0.254. The Kier molecular flexibility index (Phi) is 3.87. The second kappa shape index (κ2) is 4.32. The summed E-state index contributed by atoms with van der Waals surface area (Å²) >= 11 is 0.292. The molecule has 0 fully saturated rings. The van der Waals surface area contributed by atoms with Crippen LogP contribution in [0, 0.1) is 0 Å². The van der Waals surface area contributed by atoms with Crippen molar-refractivity contribution in [1.82, 2.24) is 0 Å². The van der Waals surface area contributed by atoms with Crippen molar-refractivity contribution in [3.05, 3.63) is 0 Å². The van der Waals surface area contributed by atoms with Crippen molar-refractivity contribution in [3.8, 4) is 0 Å². The van der Waals surface area contributed by atoms with Gasteiger partial charge < -0.3 is 4.84 Å². The predicted molar refractivity (Wildman–Crippen MR) is 26.4 cm³/mol. The summed E-state index contributed by atoms with van der Waals surface area (Å²) in [5.74, 6) is 4.35. The van der Waals surface area contributed by atoms with Crippen LogP contribution in [0.4, 0.5) is 4.79 Å². The normalized spacial score (nSPS) is 7.12. The number of isocyanates is 1. The van der Waals surface area contributed by atoms with Crippen LogP contribution in [0.3, 0.4) is 0 Å². The Morgan fingerprint density at radius 3 is 2.88 bits per heavy atom. The Balaban J connectivity index is 3.39. The van der Waals surface area contributed by atoms with Gasteiger partial charge in [0.05, 0.1) is 0 Å². The molecule has 0 aliphatic heterocycles. The van der Waals surface area contributed by atoms with Gasteiger partial charge in [0, 0.05) is 0 Å². The highest BCUT2D eigenvalue weighted by Crippen LogP contribution is 2.01. The van der Waals surface area contributed by atoms with Gasteiger partial charge in [-0.25, -0.2) is 9.59 Å². The van der Waals surface area contributed by atoms with E-state index in [0.717, 1.165) is 6.08 Å². The van der Waals surface area contributed by atoms with E-state index in [4.69, 9.17) is 0 Å². The fraction of sp³-hybridized carbons (Fsp3) is 0. The highest BCUT2D eigenvalue weighted by Gasteiger charge is 1.96. The minimum absolute atomic E-state index is 0.292. The Morgan fingerprint density at radius 1 is 1.88 bits per heavy atom. The van der Waals surface area contributed by atoms with E-state index >= 15 is 0 Å². The summed E-state index contributed by atoms with van der Waals surface area (Å²) in [7, 11) is 0. The number of hydrogen-bond acceptors (Lipinski definition) is 6. The standard InChI is InChI=1S/C2H2N2O3S/c3-7-2(6)8-4-1-5/h3H2.